The zero-order valence-electron chi connectivity index (χ0n) is 10.4. The molecule has 0 bridgehead atoms. The highest BCUT2D eigenvalue weighted by molar-refractivity contribution is 4.93. The van der Waals surface area contributed by atoms with Gasteiger partial charge in [0.2, 0.25) is 0 Å². The summed E-state index contributed by atoms with van der Waals surface area (Å²) in [6.07, 6.45) is 1.38. The summed E-state index contributed by atoms with van der Waals surface area (Å²) in [5.74, 6) is 1.78. The molecule has 1 aliphatic rings. The standard InChI is InChI=1S/C11H20N4O2/c1-9-13-14-10(15(9)2)7-12-8-11(16)3-5-17-6-4-11/h12,16H,3-8H2,1-2H3. The number of ether oxygens (including phenoxy) is 1. The quantitative estimate of drug-likeness (QED) is 0.759. The van der Waals surface area contributed by atoms with E-state index in [1.807, 2.05) is 18.5 Å². The number of hydrogen-bond donors (Lipinski definition) is 2. The van der Waals surface area contributed by atoms with Gasteiger partial charge in [-0.2, -0.15) is 0 Å². The summed E-state index contributed by atoms with van der Waals surface area (Å²) < 4.78 is 7.18. The molecule has 1 aromatic rings. The minimum atomic E-state index is -0.633. The lowest BCUT2D eigenvalue weighted by atomic mass is 9.94. The summed E-state index contributed by atoms with van der Waals surface area (Å²) in [4.78, 5) is 0. The summed E-state index contributed by atoms with van der Waals surface area (Å²) in [5, 5.41) is 21.5. The Morgan fingerprint density at radius 3 is 2.71 bits per heavy atom. The molecule has 1 fully saturated rings. The van der Waals surface area contributed by atoms with Crippen molar-refractivity contribution in [1.82, 2.24) is 20.1 Å². The van der Waals surface area contributed by atoms with E-state index in [2.05, 4.69) is 15.5 Å². The molecule has 0 spiro atoms. The van der Waals surface area contributed by atoms with Crippen molar-refractivity contribution in [2.75, 3.05) is 19.8 Å². The van der Waals surface area contributed by atoms with Crippen LogP contribution in [0.2, 0.25) is 0 Å². The molecule has 0 radical (unpaired) electrons. The van der Waals surface area contributed by atoms with Gasteiger partial charge < -0.3 is 19.7 Å². The van der Waals surface area contributed by atoms with Crippen molar-refractivity contribution in [3.05, 3.63) is 11.6 Å². The van der Waals surface area contributed by atoms with Gasteiger partial charge in [0.25, 0.3) is 0 Å². The van der Waals surface area contributed by atoms with Crippen molar-refractivity contribution in [2.45, 2.75) is 31.9 Å². The Bertz CT molecular complexity index is 372. The predicted octanol–water partition coefficient (Wildman–Crippen LogP) is -0.245. The van der Waals surface area contributed by atoms with Crippen LogP contribution >= 0.6 is 0 Å². The number of nitrogens with zero attached hydrogens (tertiary/aromatic N) is 3. The van der Waals surface area contributed by atoms with Gasteiger partial charge in [-0.3, -0.25) is 0 Å². The van der Waals surface area contributed by atoms with Gasteiger partial charge in [0.1, 0.15) is 11.6 Å². The van der Waals surface area contributed by atoms with Gasteiger partial charge >= 0.3 is 0 Å². The van der Waals surface area contributed by atoms with Crippen LogP contribution < -0.4 is 5.32 Å². The Balaban J connectivity index is 1.81. The third-order valence-corrected chi connectivity index (χ3v) is 3.34. The molecule has 2 N–H and O–H groups in total. The number of aryl methyl sites for hydroxylation is 1. The molecular weight excluding hydrogens is 220 g/mol. The van der Waals surface area contributed by atoms with Gasteiger partial charge in [0.15, 0.2) is 0 Å². The molecule has 1 saturated heterocycles. The van der Waals surface area contributed by atoms with Crippen LogP contribution in [0.25, 0.3) is 0 Å². The van der Waals surface area contributed by atoms with E-state index < -0.39 is 5.60 Å². The highest BCUT2D eigenvalue weighted by Gasteiger charge is 2.29. The molecule has 0 atom stereocenters. The number of hydrogen-bond acceptors (Lipinski definition) is 5. The zero-order chi connectivity index (χ0) is 12.3. The first-order valence-electron chi connectivity index (χ1n) is 5.96. The van der Waals surface area contributed by atoms with E-state index >= 15 is 0 Å². The SMILES string of the molecule is Cc1nnc(CNCC2(O)CCOCC2)n1C. The lowest BCUT2D eigenvalue weighted by molar-refractivity contribution is -0.0617. The third kappa shape index (κ3) is 3.02. The number of aromatic nitrogens is 3. The molecular formula is C11H20N4O2. The first-order valence-corrected chi connectivity index (χ1v) is 5.96. The summed E-state index contributed by atoms with van der Waals surface area (Å²) in [6.45, 7) is 4.40. The Kier molecular flexibility index (Phi) is 3.76. The van der Waals surface area contributed by atoms with Crippen LogP contribution in [0, 0.1) is 6.92 Å². The van der Waals surface area contributed by atoms with Gasteiger partial charge in [0.05, 0.1) is 12.1 Å². The average molecular weight is 240 g/mol. The summed E-state index contributed by atoms with van der Waals surface area (Å²) in [5.41, 5.74) is -0.633. The lowest BCUT2D eigenvalue weighted by Gasteiger charge is -2.32. The Morgan fingerprint density at radius 1 is 1.41 bits per heavy atom. The number of nitrogens with one attached hydrogen (secondary N) is 1. The molecule has 2 rings (SSSR count). The van der Waals surface area contributed by atoms with E-state index in [-0.39, 0.29) is 0 Å². The molecule has 0 aromatic carbocycles. The van der Waals surface area contributed by atoms with Crippen LogP contribution in [0.5, 0.6) is 0 Å². The fourth-order valence-corrected chi connectivity index (χ4v) is 1.94. The molecule has 0 saturated carbocycles. The highest BCUT2D eigenvalue weighted by Crippen LogP contribution is 2.19. The average Bonchev–Trinajstić information content (AvgIpc) is 2.62. The molecule has 2 heterocycles. The maximum Gasteiger partial charge on any atom is 0.146 e. The summed E-state index contributed by atoms with van der Waals surface area (Å²) in [7, 11) is 1.94. The van der Waals surface area contributed by atoms with Crippen LogP contribution in [-0.4, -0.2) is 45.2 Å². The van der Waals surface area contributed by atoms with Crippen molar-refractivity contribution < 1.29 is 9.84 Å². The third-order valence-electron chi connectivity index (χ3n) is 3.34. The molecule has 0 unspecified atom stereocenters. The Morgan fingerprint density at radius 2 is 2.12 bits per heavy atom. The van der Waals surface area contributed by atoms with Gasteiger partial charge in [-0.1, -0.05) is 0 Å². The second-order valence-electron chi connectivity index (χ2n) is 4.66. The van der Waals surface area contributed by atoms with Gasteiger partial charge in [-0.05, 0) is 6.92 Å². The van der Waals surface area contributed by atoms with Gasteiger partial charge in [-0.25, -0.2) is 0 Å². The second-order valence-corrected chi connectivity index (χ2v) is 4.66. The fourth-order valence-electron chi connectivity index (χ4n) is 1.94. The predicted molar refractivity (Wildman–Crippen MR) is 62.4 cm³/mol. The van der Waals surface area contributed by atoms with Crippen molar-refractivity contribution in [2.24, 2.45) is 7.05 Å². The van der Waals surface area contributed by atoms with E-state index in [4.69, 9.17) is 4.74 Å². The lowest BCUT2D eigenvalue weighted by Crippen LogP contribution is -2.45. The van der Waals surface area contributed by atoms with Gasteiger partial charge in [-0.15, -0.1) is 10.2 Å². The molecule has 1 aliphatic heterocycles. The Hall–Kier alpha value is -0.980. The van der Waals surface area contributed by atoms with Crippen molar-refractivity contribution in [3.8, 4) is 0 Å². The largest absolute Gasteiger partial charge is 0.388 e. The molecule has 6 heteroatoms. The first kappa shape index (κ1) is 12.5. The maximum absolute atomic E-state index is 10.2. The molecule has 6 nitrogen and oxygen atoms in total. The normalized spacial score (nSPS) is 19.5. The van der Waals surface area contributed by atoms with Gasteiger partial charge in [0, 0.05) is 39.6 Å². The van der Waals surface area contributed by atoms with Crippen molar-refractivity contribution in [1.29, 1.82) is 0 Å². The maximum atomic E-state index is 10.2. The molecule has 96 valence electrons. The fraction of sp³-hybridized carbons (Fsp3) is 0.818. The van der Waals surface area contributed by atoms with E-state index in [9.17, 15) is 5.11 Å². The van der Waals surface area contributed by atoms with E-state index in [1.54, 1.807) is 0 Å². The van der Waals surface area contributed by atoms with E-state index in [0.29, 0.717) is 39.1 Å². The van der Waals surface area contributed by atoms with Crippen LogP contribution in [0.3, 0.4) is 0 Å². The first-order chi connectivity index (χ1) is 8.11. The molecule has 0 aliphatic carbocycles. The van der Waals surface area contributed by atoms with Crippen LogP contribution in [0.4, 0.5) is 0 Å². The van der Waals surface area contributed by atoms with E-state index in [1.165, 1.54) is 0 Å². The molecule has 1 aromatic heterocycles. The van der Waals surface area contributed by atoms with Crippen LogP contribution in [0.1, 0.15) is 24.5 Å². The van der Waals surface area contributed by atoms with Crippen LogP contribution in [0.15, 0.2) is 0 Å². The minimum absolute atomic E-state index is 0.572. The van der Waals surface area contributed by atoms with Crippen molar-refractivity contribution in [3.63, 3.8) is 0 Å². The Labute approximate surface area is 101 Å². The monoisotopic (exact) mass is 240 g/mol. The summed E-state index contributed by atoms with van der Waals surface area (Å²) in [6, 6.07) is 0. The second kappa shape index (κ2) is 5.12. The van der Waals surface area contributed by atoms with Crippen LogP contribution in [-0.2, 0) is 18.3 Å². The minimum Gasteiger partial charge on any atom is -0.388 e. The van der Waals surface area contributed by atoms with E-state index in [0.717, 1.165) is 11.6 Å². The van der Waals surface area contributed by atoms with Crippen molar-refractivity contribution >= 4 is 0 Å². The summed E-state index contributed by atoms with van der Waals surface area (Å²) >= 11 is 0. The topological polar surface area (TPSA) is 72.2 Å². The smallest absolute Gasteiger partial charge is 0.146 e. The molecule has 0 amide bonds. The number of aliphatic hydroxyl groups is 1. The zero-order valence-corrected chi connectivity index (χ0v) is 10.4. The highest BCUT2D eigenvalue weighted by atomic mass is 16.5. The number of rotatable bonds is 4. The molecule has 17 heavy (non-hydrogen) atoms.